The van der Waals surface area contributed by atoms with Gasteiger partial charge in [-0.05, 0) is 30.2 Å². The number of carboxylic acid groups (broad SMARTS) is 1. The van der Waals surface area contributed by atoms with Crippen LogP contribution in [0.3, 0.4) is 0 Å². The number of hydrazine groups is 1. The fourth-order valence-electron chi connectivity index (χ4n) is 4.88. The second-order valence-corrected chi connectivity index (χ2v) is 9.60. The number of hydrogen-bond acceptors (Lipinski definition) is 6. The predicted molar refractivity (Wildman–Crippen MR) is 137 cm³/mol. The maximum Gasteiger partial charge on any atom is 0.334 e. The number of halogens is 2. The van der Waals surface area contributed by atoms with Crippen molar-refractivity contribution in [1.29, 1.82) is 0 Å². The SMILES string of the molecule is CN1CC(=O)N2[C@@H](CCC(=O)O)C(=O)N(CCOCc3ccccc3F)C[C@@H]2N1C(=O)NCc1ccc(F)cc1. The van der Waals surface area contributed by atoms with Crippen molar-refractivity contribution in [2.75, 3.05) is 33.3 Å². The molecular formula is C27H31F2N5O6. The van der Waals surface area contributed by atoms with Gasteiger partial charge in [-0.2, -0.15) is 0 Å². The molecule has 4 rings (SSSR count). The highest BCUT2D eigenvalue weighted by molar-refractivity contribution is 5.91. The zero-order valence-electron chi connectivity index (χ0n) is 22.0. The minimum atomic E-state index is -1.12. The topological polar surface area (TPSA) is 123 Å². The number of carbonyl (C=O) groups excluding carboxylic acids is 3. The average Bonchev–Trinajstić information content (AvgIpc) is 2.91. The molecule has 0 spiro atoms. The largest absolute Gasteiger partial charge is 0.481 e. The summed E-state index contributed by atoms with van der Waals surface area (Å²) < 4.78 is 32.8. The van der Waals surface area contributed by atoms with Gasteiger partial charge in [0.1, 0.15) is 23.8 Å². The molecular weight excluding hydrogens is 528 g/mol. The van der Waals surface area contributed by atoms with E-state index >= 15 is 0 Å². The van der Waals surface area contributed by atoms with Gasteiger partial charge in [0, 0.05) is 32.1 Å². The van der Waals surface area contributed by atoms with Gasteiger partial charge in [-0.25, -0.2) is 23.6 Å². The number of carbonyl (C=O) groups is 4. The van der Waals surface area contributed by atoms with Gasteiger partial charge in [-0.3, -0.25) is 14.4 Å². The summed E-state index contributed by atoms with van der Waals surface area (Å²) in [7, 11) is 1.57. The molecule has 2 aliphatic heterocycles. The third-order valence-electron chi connectivity index (χ3n) is 6.86. The maximum atomic E-state index is 13.9. The van der Waals surface area contributed by atoms with Gasteiger partial charge < -0.3 is 25.0 Å². The molecule has 0 aliphatic carbocycles. The van der Waals surface area contributed by atoms with Crippen molar-refractivity contribution in [3.8, 4) is 0 Å². The second kappa shape index (κ2) is 12.8. The summed E-state index contributed by atoms with van der Waals surface area (Å²) in [5.74, 6) is -2.79. The minimum Gasteiger partial charge on any atom is -0.481 e. The van der Waals surface area contributed by atoms with E-state index in [1.807, 2.05) is 0 Å². The number of hydrogen-bond donors (Lipinski definition) is 2. The van der Waals surface area contributed by atoms with Crippen LogP contribution in [0.5, 0.6) is 0 Å². The van der Waals surface area contributed by atoms with Crippen LogP contribution in [-0.4, -0.2) is 94.2 Å². The molecule has 2 saturated heterocycles. The Hall–Kier alpha value is -4.10. The number of aliphatic carboxylic acids is 1. The van der Waals surface area contributed by atoms with E-state index in [1.165, 1.54) is 50.1 Å². The number of piperazine rings is 1. The van der Waals surface area contributed by atoms with Crippen molar-refractivity contribution in [3.05, 3.63) is 71.3 Å². The van der Waals surface area contributed by atoms with Gasteiger partial charge in [0.25, 0.3) is 0 Å². The first kappa shape index (κ1) is 28.9. The number of amides is 4. The monoisotopic (exact) mass is 559 g/mol. The molecule has 2 fully saturated rings. The Morgan fingerprint density at radius 3 is 2.52 bits per heavy atom. The van der Waals surface area contributed by atoms with Crippen LogP contribution >= 0.6 is 0 Å². The molecule has 0 radical (unpaired) electrons. The number of nitrogens with zero attached hydrogens (tertiary/aromatic N) is 4. The number of benzene rings is 2. The zero-order chi connectivity index (χ0) is 28.8. The summed E-state index contributed by atoms with van der Waals surface area (Å²) in [4.78, 5) is 53.9. The summed E-state index contributed by atoms with van der Waals surface area (Å²) in [5.41, 5.74) is 1.02. The number of likely N-dealkylation sites (N-methyl/N-ethyl adjacent to an activating group) is 1. The highest BCUT2D eigenvalue weighted by Crippen LogP contribution is 2.28. The van der Waals surface area contributed by atoms with E-state index in [0.717, 1.165) is 0 Å². The summed E-state index contributed by atoms with van der Waals surface area (Å²) in [6, 6.07) is 10.2. The van der Waals surface area contributed by atoms with Crippen LogP contribution in [0, 0.1) is 11.6 Å². The Balaban J connectivity index is 1.49. The van der Waals surface area contributed by atoms with Crippen LogP contribution in [0.25, 0.3) is 0 Å². The normalized spacial score (nSPS) is 19.5. The zero-order valence-corrected chi connectivity index (χ0v) is 22.0. The van der Waals surface area contributed by atoms with Gasteiger partial charge in [0.05, 0.1) is 26.3 Å². The van der Waals surface area contributed by atoms with E-state index in [9.17, 15) is 33.1 Å². The highest BCUT2D eigenvalue weighted by atomic mass is 19.1. The number of nitrogens with one attached hydrogen (secondary N) is 1. The number of fused-ring (bicyclic) bond motifs is 1. The molecule has 40 heavy (non-hydrogen) atoms. The van der Waals surface area contributed by atoms with Crippen LogP contribution in [0.1, 0.15) is 24.0 Å². The summed E-state index contributed by atoms with van der Waals surface area (Å²) in [5, 5.41) is 14.8. The van der Waals surface area contributed by atoms with Crippen molar-refractivity contribution in [3.63, 3.8) is 0 Å². The van der Waals surface area contributed by atoms with E-state index in [1.54, 1.807) is 25.2 Å². The van der Waals surface area contributed by atoms with E-state index < -0.39 is 47.7 Å². The molecule has 11 nitrogen and oxygen atoms in total. The molecule has 0 unspecified atom stereocenters. The van der Waals surface area contributed by atoms with E-state index in [0.29, 0.717) is 11.1 Å². The number of ether oxygens (including phenoxy) is 1. The molecule has 0 bridgehead atoms. The molecule has 2 aliphatic rings. The van der Waals surface area contributed by atoms with Gasteiger partial charge in [-0.15, -0.1) is 0 Å². The van der Waals surface area contributed by atoms with Crippen LogP contribution < -0.4 is 5.32 Å². The summed E-state index contributed by atoms with van der Waals surface area (Å²) in [6.07, 6.45) is -1.38. The Morgan fingerprint density at radius 2 is 1.82 bits per heavy atom. The first-order valence-corrected chi connectivity index (χ1v) is 12.8. The summed E-state index contributed by atoms with van der Waals surface area (Å²) in [6.45, 7) is 0.00263. The third-order valence-corrected chi connectivity index (χ3v) is 6.86. The molecule has 0 saturated carbocycles. The van der Waals surface area contributed by atoms with Crippen molar-refractivity contribution in [2.45, 2.75) is 38.2 Å². The lowest BCUT2D eigenvalue weighted by atomic mass is 10.0. The molecule has 2 aromatic rings. The number of rotatable bonds is 10. The molecule has 2 N–H and O–H groups in total. The third kappa shape index (κ3) is 6.72. The smallest absolute Gasteiger partial charge is 0.334 e. The Kier molecular flexibility index (Phi) is 9.27. The first-order chi connectivity index (χ1) is 19.2. The molecule has 13 heteroatoms. The Bertz CT molecular complexity index is 1250. The quantitative estimate of drug-likeness (QED) is 0.426. The standard InChI is InChI=1S/C27H31F2N5O6/c1-31-16-24(35)33-22(10-11-25(36)37)26(38)32(12-13-40-17-19-4-2-3-5-21(19)29)15-23(33)34(31)27(39)30-14-18-6-8-20(28)9-7-18/h2-9,22-23H,10-17H2,1H3,(H,30,39)(H,36,37)/t22-,23-/m0/s1. The highest BCUT2D eigenvalue weighted by Gasteiger charge is 2.50. The van der Waals surface area contributed by atoms with Gasteiger partial charge in [0.15, 0.2) is 0 Å². The predicted octanol–water partition coefficient (Wildman–Crippen LogP) is 1.78. The Morgan fingerprint density at radius 1 is 1.10 bits per heavy atom. The molecule has 4 amide bonds. The lowest BCUT2D eigenvalue weighted by Gasteiger charge is -2.54. The average molecular weight is 560 g/mol. The first-order valence-electron chi connectivity index (χ1n) is 12.8. The summed E-state index contributed by atoms with van der Waals surface area (Å²) >= 11 is 0. The number of urea groups is 1. The number of carboxylic acids is 1. The molecule has 2 aromatic carbocycles. The lowest BCUT2D eigenvalue weighted by molar-refractivity contribution is -0.188. The lowest BCUT2D eigenvalue weighted by Crippen LogP contribution is -2.76. The van der Waals surface area contributed by atoms with Crippen LogP contribution in [0.15, 0.2) is 48.5 Å². The van der Waals surface area contributed by atoms with Crippen LogP contribution in [-0.2, 0) is 32.3 Å². The molecule has 2 atom stereocenters. The maximum absolute atomic E-state index is 13.9. The second-order valence-electron chi connectivity index (χ2n) is 9.60. The van der Waals surface area contributed by atoms with Crippen molar-refractivity contribution in [1.82, 2.24) is 25.1 Å². The van der Waals surface area contributed by atoms with E-state index in [4.69, 9.17) is 4.74 Å². The van der Waals surface area contributed by atoms with Crippen LogP contribution in [0.2, 0.25) is 0 Å². The fraction of sp³-hybridized carbons (Fsp3) is 0.407. The van der Waals surface area contributed by atoms with Gasteiger partial charge in [0.2, 0.25) is 11.8 Å². The van der Waals surface area contributed by atoms with Gasteiger partial charge in [-0.1, -0.05) is 30.3 Å². The molecule has 0 aromatic heterocycles. The minimum absolute atomic E-state index is 0.00809. The molecule has 214 valence electrons. The molecule has 2 heterocycles. The van der Waals surface area contributed by atoms with Crippen molar-refractivity contribution < 1.29 is 37.8 Å². The van der Waals surface area contributed by atoms with Crippen molar-refractivity contribution >= 4 is 23.8 Å². The Labute approximate surface area is 229 Å². The van der Waals surface area contributed by atoms with E-state index in [2.05, 4.69) is 5.32 Å². The fourth-order valence-corrected chi connectivity index (χ4v) is 4.88. The van der Waals surface area contributed by atoms with Gasteiger partial charge >= 0.3 is 12.0 Å². The van der Waals surface area contributed by atoms with Crippen LogP contribution in [0.4, 0.5) is 13.6 Å². The van der Waals surface area contributed by atoms with E-state index in [-0.39, 0.29) is 52.2 Å². The van der Waals surface area contributed by atoms with Crippen molar-refractivity contribution in [2.24, 2.45) is 0 Å².